The SMILES string of the molecule is COc1ccc(CSc2c(F)c(F)c(F)c(F)c2S(=O)(=O)N(C)C)cc1. The van der Waals surface area contributed by atoms with Crippen molar-refractivity contribution in [1.29, 1.82) is 0 Å². The zero-order valence-corrected chi connectivity index (χ0v) is 15.6. The number of benzene rings is 2. The van der Waals surface area contributed by atoms with Crippen molar-refractivity contribution in [3.8, 4) is 5.75 Å². The Morgan fingerprint density at radius 1 is 0.962 bits per heavy atom. The molecule has 2 aromatic rings. The van der Waals surface area contributed by atoms with Crippen molar-refractivity contribution in [3.63, 3.8) is 0 Å². The van der Waals surface area contributed by atoms with E-state index in [0.29, 0.717) is 27.4 Å². The minimum absolute atomic E-state index is 0.00136. The molecule has 0 heterocycles. The topological polar surface area (TPSA) is 46.6 Å². The van der Waals surface area contributed by atoms with Crippen LogP contribution in [0.15, 0.2) is 34.1 Å². The number of halogens is 4. The number of methoxy groups -OCH3 is 1. The van der Waals surface area contributed by atoms with Gasteiger partial charge in [0.2, 0.25) is 10.0 Å². The van der Waals surface area contributed by atoms with Crippen molar-refractivity contribution in [2.45, 2.75) is 15.5 Å². The van der Waals surface area contributed by atoms with Gasteiger partial charge in [0.05, 0.1) is 12.0 Å². The van der Waals surface area contributed by atoms with E-state index in [9.17, 15) is 26.0 Å². The Morgan fingerprint density at radius 3 is 2.00 bits per heavy atom. The van der Waals surface area contributed by atoms with Gasteiger partial charge in [0.1, 0.15) is 10.6 Å². The van der Waals surface area contributed by atoms with Gasteiger partial charge in [-0.2, -0.15) is 0 Å². The standard InChI is InChI=1S/C16H15F4NO3S2/c1-21(2)26(22,23)16-14(20)12(18)11(17)13(19)15(16)25-8-9-4-6-10(24-3)7-5-9/h4-7H,8H2,1-3H3. The van der Waals surface area contributed by atoms with E-state index in [-0.39, 0.29) is 5.75 Å². The molecule has 0 unspecified atom stereocenters. The van der Waals surface area contributed by atoms with Crippen LogP contribution in [0.2, 0.25) is 0 Å². The van der Waals surface area contributed by atoms with Crippen LogP contribution in [0.3, 0.4) is 0 Å². The third-order valence-corrected chi connectivity index (χ3v) is 6.60. The monoisotopic (exact) mass is 409 g/mol. The fourth-order valence-electron chi connectivity index (χ4n) is 2.01. The highest BCUT2D eigenvalue weighted by molar-refractivity contribution is 7.99. The quantitative estimate of drug-likeness (QED) is 0.315. The normalized spacial score (nSPS) is 11.8. The first-order valence-corrected chi connectivity index (χ1v) is 9.58. The average Bonchev–Trinajstić information content (AvgIpc) is 2.61. The molecule has 0 saturated carbocycles. The number of sulfonamides is 1. The van der Waals surface area contributed by atoms with E-state index >= 15 is 0 Å². The van der Waals surface area contributed by atoms with Gasteiger partial charge in [-0.1, -0.05) is 12.1 Å². The molecule has 2 rings (SSSR count). The Hall–Kier alpha value is -1.78. The maximum absolute atomic E-state index is 14.2. The van der Waals surface area contributed by atoms with Crippen molar-refractivity contribution in [2.75, 3.05) is 21.2 Å². The van der Waals surface area contributed by atoms with Crippen LogP contribution in [0.1, 0.15) is 5.56 Å². The predicted octanol–water partition coefficient (Wildman–Crippen LogP) is 3.79. The second-order valence-electron chi connectivity index (χ2n) is 5.34. The third-order valence-electron chi connectivity index (χ3n) is 3.46. The molecule has 142 valence electrons. The van der Waals surface area contributed by atoms with Gasteiger partial charge in [-0.15, -0.1) is 11.8 Å². The van der Waals surface area contributed by atoms with E-state index in [1.54, 1.807) is 24.3 Å². The number of rotatable bonds is 6. The lowest BCUT2D eigenvalue weighted by atomic mass is 10.2. The molecule has 0 fully saturated rings. The van der Waals surface area contributed by atoms with Gasteiger partial charge < -0.3 is 4.74 Å². The Balaban J connectivity index is 2.52. The van der Waals surface area contributed by atoms with Crippen molar-refractivity contribution in [3.05, 3.63) is 53.1 Å². The van der Waals surface area contributed by atoms with E-state index in [4.69, 9.17) is 4.74 Å². The number of hydrogen-bond donors (Lipinski definition) is 0. The fourth-order valence-corrected chi connectivity index (χ4v) is 4.45. The maximum atomic E-state index is 14.2. The van der Waals surface area contributed by atoms with Crippen LogP contribution in [0.4, 0.5) is 17.6 Å². The fraction of sp³-hybridized carbons (Fsp3) is 0.250. The molecule has 26 heavy (non-hydrogen) atoms. The van der Waals surface area contributed by atoms with E-state index in [1.165, 1.54) is 7.11 Å². The molecule has 0 atom stereocenters. The summed E-state index contributed by atoms with van der Waals surface area (Å²) in [6, 6.07) is 6.49. The molecule has 0 bridgehead atoms. The zero-order chi connectivity index (χ0) is 19.6. The lowest BCUT2D eigenvalue weighted by Gasteiger charge is -2.17. The van der Waals surface area contributed by atoms with E-state index in [1.807, 2.05) is 0 Å². The summed E-state index contributed by atoms with van der Waals surface area (Å²) in [5.74, 6) is -7.35. The Labute approximate surface area is 152 Å². The van der Waals surface area contributed by atoms with Crippen LogP contribution < -0.4 is 4.74 Å². The lowest BCUT2D eigenvalue weighted by molar-refractivity contribution is 0.379. The van der Waals surface area contributed by atoms with E-state index in [0.717, 1.165) is 14.1 Å². The molecule has 0 aliphatic rings. The molecule has 0 saturated heterocycles. The number of hydrogen-bond acceptors (Lipinski definition) is 4. The first-order valence-electron chi connectivity index (χ1n) is 7.15. The third kappa shape index (κ3) is 3.81. The zero-order valence-electron chi connectivity index (χ0n) is 14.0. The molecule has 4 nitrogen and oxygen atoms in total. The largest absolute Gasteiger partial charge is 0.497 e. The summed E-state index contributed by atoms with van der Waals surface area (Å²) in [5.41, 5.74) is 0.619. The molecule has 0 aromatic heterocycles. The van der Waals surface area contributed by atoms with Gasteiger partial charge in [-0.25, -0.2) is 30.3 Å². The molecule has 10 heteroatoms. The Bertz CT molecular complexity index is 916. The van der Waals surface area contributed by atoms with Crippen LogP contribution in [0, 0.1) is 23.3 Å². The second kappa shape index (κ2) is 7.85. The van der Waals surface area contributed by atoms with Gasteiger partial charge in [0, 0.05) is 19.8 Å². The molecular weight excluding hydrogens is 394 g/mol. The van der Waals surface area contributed by atoms with E-state index in [2.05, 4.69) is 0 Å². The first-order chi connectivity index (χ1) is 12.1. The van der Waals surface area contributed by atoms with Crippen molar-refractivity contribution >= 4 is 21.8 Å². The summed E-state index contributed by atoms with van der Waals surface area (Å²) in [6.45, 7) is 0. The molecule has 0 amide bonds. The van der Waals surface area contributed by atoms with Crippen LogP contribution in [-0.2, 0) is 15.8 Å². The van der Waals surface area contributed by atoms with Crippen molar-refractivity contribution in [1.82, 2.24) is 4.31 Å². The Morgan fingerprint density at radius 2 is 1.50 bits per heavy atom. The van der Waals surface area contributed by atoms with Gasteiger partial charge in [0.15, 0.2) is 23.3 Å². The highest BCUT2D eigenvalue weighted by Crippen LogP contribution is 2.37. The number of thioether (sulfide) groups is 1. The summed E-state index contributed by atoms with van der Waals surface area (Å²) in [7, 11) is -0.920. The minimum Gasteiger partial charge on any atom is -0.497 e. The molecule has 0 aliphatic carbocycles. The number of ether oxygens (including phenoxy) is 1. The van der Waals surface area contributed by atoms with Crippen LogP contribution >= 0.6 is 11.8 Å². The molecule has 0 N–H and O–H groups in total. The van der Waals surface area contributed by atoms with E-state index < -0.39 is 43.1 Å². The smallest absolute Gasteiger partial charge is 0.246 e. The predicted molar refractivity (Wildman–Crippen MR) is 89.7 cm³/mol. The van der Waals surface area contributed by atoms with Crippen LogP contribution in [0.25, 0.3) is 0 Å². The van der Waals surface area contributed by atoms with Crippen molar-refractivity contribution in [2.24, 2.45) is 0 Å². The summed E-state index contributed by atoms with van der Waals surface area (Å²) >= 11 is 0.553. The van der Waals surface area contributed by atoms with Crippen molar-refractivity contribution < 1.29 is 30.7 Å². The van der Waals surface area contributed by atoms with Gasteiger partial charge in [-0.3, -0.25) is 0 Å². The molecule has 0 spiro atoms. The summed E-state index contributed by atoms with van der Waals surface area (Å²) in [5, 5.41) is 0. The van der Waals surface area contributed by atoms with Crippen LogP contribution in [0.5, 0.6) is 5.75 Å². The Kier molecular flexibility index (Phi) is 6.20. The van der Waals surface area contributed by atoms with Crippen LogP contribution in [-0.4, -0.2) is 33.9 Å². The maximum Gasteiger partial charge on any atom is 0.246 e. The number of nitrogens with zero attached hydrogens (tertiary/aromatic N) is 1. The first kappa shape index (κ1) is 20.5. The summed E-state index contributed by atoms with van der Waals surface area (Å²) in [4.78, 5) is -2.04. The highest BCUT2D eigenvalue weighted by Gasteiger charge is 2.34. The molecule has 0 aliphatic heterocycles. The summed E-state index contributed by atoms with van der Waals surface area (Å²) < 4.78 is 85.7. The van der Waals surface area contributed by atoms with Gasteiger partial charge >= 0.3 is 0 Å². The highest BCUT2D eigenvalue weighted by atomic mass is 32.2. The molecule has 0 radical (unpaired) electrons. The minimum atomic E-state index is -4.54. The summed E-state index contributed by atoms with van der Waals surface area (Å²) in [6.07, 6.45) is 0. The second-order valence-corrected chi connectivity index (χ2v) is 8.41. The molecular formula is C16H15F4NO3S2. The van der Waals surface area contributed by atoms with Gasteiger partial charge in [0.25, 0.3) is 0 Å². The molecule has 2 aromatic carbocycles. The average molecular weight is 409 g/mol. The van der Waals surface area contributed by atoms with Gasteiger partial charge in [-0.05, 0) is 17.7 Å². The lowest BCUT2D eigenvalue weighted by Crippen LogP contribution is -2.25.